The molecule has 0 radical (unpaired) electrons. The largest absolute Gasteiger partial charge is 0.479 e. The molecule has 4 N–H and O–H groups in total. The number of aliphatic hydroxyl groups is 2. The molecular formula is C7H10O6. The van der Waals surface area contributed by atoms with Crippen molar-refractivity contribution in [3.05, 3.63) is 0 Å². The van der Waals surface area contributed by atoms with Crippen LogP contribution in [0.1, 0.15) is 19.3 Å². The lowest BCUT2D eigenvalue weighted by Gasteiger charge is -2.30. The molecule has 2 atom stereocenters. The molecule has 0 aromatic heterocycles. The number of hydrogen-bond acceptors (Lipinski definition) is 4. The van der Waals surface area contributed by atoms with Gasteiger partial charge in [-0.05, 0) is 19.3 Å². The normalized spacial score (nSPS) is 38.9. The first kappa shape index (κ1) is 9.94. The summed E-state index contributed by atoms with van der Waals surface area (Å²) in [6, 6.07) is 0. The summed E-state index contributed by atoms with van der Waals surface area (Å²) in [6.45, 7) is 0. The monoisotopic (exact) mass is 190 g/mol. The highest BCUT2D eigenvalue weighted by Gasteiger charge is 2.63. The molecule has 0 aromatic carbocycles. The third kappa shape index (κ3) is 1.10. The summed E-state index contributed by atoms with van der Waals surface area (Å²) in [7, 11) is 0. The third-order valence-corrected chi connectivity index (χ3v) is 2.47. The minimum atomic E-state index is -2.56. The van der Waals surface area contributed by atoms with Crippen molar-refractivity contribution in [3.8, 4) is 0 Å². The van der Waals surface area contributed by atoms with E-state index in [0.717, 1.165) is 0 Å². The number of hydrogen-bond donors (Lipinski definition) is 4. The van der Waals surface area contributed by atoms with Crippen LogP contribution < -0.4 is 0 Å². The van der Waals surface area contributed by atoms with Crippen molar-refractivity contribution in [1.82, 2.24) is 0 Å². The van der Waals surface area contributed by atoms with Crippen molar-refractivity contribution in [1.29, 1.82) is 0 Å². The van der Waals surface area contributed by atoms with Crippen molar-refractivity contribution >= 4 is 11.9 Å². The van der Waals surface area contributed by atoms with Crippen LogP contribution in [0.25, 0.3) is 0 Å². The SMILES string of the molecule is O=C(O)C1(O)CCCC1(O)C(=O)O. The van der Waals surface area contributed by atoms with Gasteiger partial charge in [0.15, 0.2) is 0 Å². The topological polar surface area (TPSA) is 115 Å². The van der Waals surface area contributed by atoms with Crippen LogP contribution in [0.5, 0.6) is 0 Å². The van der Waals surface area contributed by atoms with Crippen LogP contribution in [0.15, 0.2) is 0 Å². The highest BCUT2D eigenvalue weighted by atomic mass is 16.5. The summed E-state index contributed by atoms with van der Waals surface area (Å²) in [4.78, 5) is 21.1. The smallest absolute Gasteiger partial charge is 0.339 e. The number of carboxylic acid groups (broad SMARTS) is 2. The molecule has 1 rings (SSSR count). The van der Waals surface area contributed by atoms with E-state index in [1.807, 2.05) is 0 Å². The number of carbonyl (C=O) groups is 2. The molecule has 0 amide bonds. The molecule has 0 saturated heterocycles. The minimum absolute atomic E-state index is 0.172. The van der Waals surface area contributed by atoms with E-state index in [2.05, 4.69) is 0 Å². The summed E-state index contributed by atoms with van der Waals surface area (Å²) < 4.78 is 0. The second-order valence-electron chi connectivity index (χ2n) is 3.18. The Morgan fingerprint density at radius 3 is 1.46 bits per heavy atom. The Hall–Kier alpha value is -1.14. The quantitative estimate of drug-likeness (QED) is 0.435. The zero-order valence-corrected chi connectivity index (χ0v) is 6.73. The first-order chi connectivity index (χ1) is 5.84. The molecule has 1 fully saturated rings. The molecule has 0 aromatic rings. The predicted octanol–water partition coefficient (Wildman–Crippen LogP) is -1.20. The van der Waals surface area contributed by atoms with E-state index in [1.54, 1.807) is 0 Å². The molecule has 1 saturated carbocycles. The van der Waals surface area contributed by atoms with Crippen LogP contribution in [0, 0.1) is 0 Å². The summed E-state index contributed by atoms with van der Waals surface area (Å²) in [5, 5.41) is 36.0. The molecule has 6 heteroatoms. The number of aliphatic carboxylic acids is 2. The zero-order valence-electron chi connectivity index (χ0n) is 6.73. The van der Waals surface area contributed by atoms with Crippen molar-refractivity contribution in [2.75, 3.05) is 0 Å². The van der Waals surface area contributed by atoms with Crippen molar-refractivity contribution in [2.45, 2.75) is 30.5 Å². The van der Waals surface area contributed by atoms with Crippen LogP contribution in [-0.4, -0.2) is 43.6 Å². The summed E-state index contributed by atoms with van der Waals surface area (Å²) in [5.74, 6) is -3.40. The lowest BCUT2D eigenvalue weighted by atomic mass is 9.86. The third-order valence-electron chi connectivity index (χ3n) is 2.47. The van der Waals surface area contributed by atoms with E-state index in [-0.39, 0.29) is 19.3 Å². The van der Waals surface area contributed by atoms with Gasteiger partial charge in [0.05, 0.1) is 0 Å². The van der Waals surface area contributed by atoms with E-state index in [1.165, 1.54) is 0 Å². The van der Waals surface area contributed by atoms with Crippen LogP contribution >= 0.6 is 0 Å². The molecule has 6 nitrogen and oxygen atoms in total. The molecule has 74 valence electrons. The summed E-state index contributed by atoms with van der Waals surface area (Å²) >= 11 is 0. The fourth-order valence-electron chi connectivity index (χ4n) is 1.58. The van der Waals surface area contributed by atoms with Gasteiger partial charge in [-0.3, -0.25) is 0 Å². The molecule has 0 bridgehead atoms. The van der Waals surface area contributed by atoms with Crippen molar-refractivity contribution < 1.29 is 30.0 Å². The van der Waals surface area contributed by atoms with Crippen LogP contribution in [0.3, 0.4) is 0 Å². The fraction of sp³-hybridized carbons (Fsp3) is 0.714. The lowest BCUT2D eigenvalue weighted by molar-refractivity contribution is -0.199. The Balaban J connectivity index is 3.11. The highest BCUT2D eigenvalue weighted by Crippen LogP contribution is 2.39. The average Bonchev–Trinajstić information content (AvgIpc) is 2.31. The van der Waals surface area contributed by atoms with E-state index >= 15 is 0 Å². The Bertz CT molecular complexity index is 236. The van der Waals surface area contributed by atoms with Gasteiger partial charge in [-0.2, -0.15) is 0 Å². The summed E-state index contributed by atoms with van der Waals surface area (Å²) in [6.07, 6.45) is -0.318. The van der Waals surface area contributed by atoms with Crippen LogP contribution in [0.2, 0.25) is 0 Å². The molecular weight excluding hydrogens is 180 g/mol. The Morgan fingerprint density at radius 2 is 1.23 bits per heavy atom. The van der Waals surface area contributed by atoms with Gasteiger partial charge in [0.25, 0.3) is 0 Å². The molecule has 1 aliphatic carbocycles. The lowest BCUT2D eigenvalue weighted by Crippen LogP contribution is -2.60. The summed E-state index contributed by atoms with van der Waals surface area (Å²) in [5.41, 5.74) is -5.11. The van der Waals surface area contributed by atoms with Crippen molar-refractivity contribution in [3.63, 3.8) is 0 Å². The predicted molar refractivity (Wildman–Crippen MR) is 39.0 cm³/mol. The second-order valence-corrected chi connectivity index (χ2v) is 3.18. The molecule has 0 aliphatic heterocycles. The maximum atomic E-state index is 10.6. The van der Waals surface area contributed by atoms with E-state index in [4.69, 9.17) is 10.2 Å². The van der Waals surface area contributed by atoms with Gasteiger partial charge in [0.2, 0.25) is 11.2 Å². The maximum Gasteiger partial charge on any atom is 0.339 e. The Kier molecular flexibility index (Phi) is 2.05. The van der Waals surface area contributed by atoms with E-state index in [9.17, 15) is 19.8 Å². The molecule has 1 aliphatic rings. The second kappa shape index (κ2) is 2.68. The minimum Gasteiger partial charge on any atom is -0.479 e. The average molecular weight is 190 g/mol. The van der Waals surface area contributed by atoms with E-state index < -0.39 is 23.1 Å². The fourth-order valence-corrected chi connectivity index (χ4v) is 1.58. The molecule has 0 heterocycles. The maximum absolute atomic E-state index is 10.6. The molecule has 13 heavy (non-hydrogen) atoms. The van der Waals surface area contributed by atoms with Gasteiger partial charge < -0.3 is 20.4 Å². The molecule has 0 spiro atoms. The van der Waals surface area contributed by atoms with Gasteiger partial charge >= 0.3 is 11.9 Å². The van der Waals surface area contributed by atoms with Gasteiger partial charge in [0, 0.05) is 0 Å². The van der Waals surface area contributed by atoms with E-state index in [0.29, 0.717) is 0 Å². The first-order valence-electron chi connectivity index (χ1n) is 3.76. The standard InChI is InChI=1S/C7H10O6/c8-4(9)6(12)2-1-3-7(6,13)5(10)11/h12-13H,1-3H2,(H,8,9)(H,10,11). The zero-order chi connectivity index (χ0) is 10.3. The first-order valence-corrected chi connectivity index (χ1v) is 3.76. The number of carboxylic acids is 2. The van der Waals surface area contributed by atoms with Gasteiger partial charge in [-0.1, -0.05) is 0 Å². The van der Waals surface area contributed by atoms with Gasteiger partial charge in [-0.25, -0.2) is 9.59 Å². The van der Waals surface area contributed by atoms with Crippen LogP contribution in [-0.2, 0) is 9.59 Å². The Labute approximate surface area is 73.4 Å². The van der Waals surface area contributed by atoms with Gasteiger partial charge in [0.1, 0.15) is 0 Å². The number of rotatable bonds is 2. The van der Waals surface area contributed by atoms with Crippen LogP contribution in [0.4, 0.5) is 0 Å². The Morgan fingerprint density at radius 1 is 0.923 bits per heavy atom. The van der Waals surface area contributed by atoms with Crippen molar-refractivity contribution in [2.24, 2.45) is 0 Å². The molecule has 2 unspecified atom stereocenters. The highest BCUT2D eigenvalue weighted by molar-refractivity contribution is 5.91. The van der Waals surface area contributed by atoms with Gasteiger partial charge in [-0.15, -0.1) is 0 Å².